The molecule has 0 radical (unpaired) electrons. The van der Waals surface area contributed by atoms with Gasteiger partial charge in [0, 0.05) is 3.57 Å². The molecule has 0 aliphatic carbocycles. The van der Waals surface area contributed by atoms with E-state index in [0.717, 1.165) is 6.42 Å². The summed E-state index contributed by atoms with van der Waals surface area (Å²) in [6, 6.07) is 8.68. The number of allylic oxidation sites excluding steroid dienone is 4. The van der Waals surface area contributed by atoms with Crippen LogP contribution in [-0.4, -0.2) is 0 Å². The third-order valence-corrected chi connectivity index (χ3v) is 2.69. The minimum Gasteiger partial charge on any atom is -0.0877 e. The number of halogens is 1. The largest absolute Gasteiger partial charge is 0.0877 e. The van der Waals surface area contributed by atoms with E-state index in [9.17, 15) is 0 Å². The highest BCUT2D eigenvalue weighted by Gasteiger charge is 1.93. The van der Waals surface area contributed by atoms with Gasteiger partial charge in [0.05, 0.1) is 0 Å². The van der Waals surface area contributed by atoms with Crippen LogP contribution in [0.2, 0.25) is 0 Å². The molecule has 1 aromatic rings. The van der Waals surface area contributed by atoms with E-state index < -0.39 is 0 Å². The lowest BCUT2D eigenvalue weighted by molar-refractivity contribution is 1.14. The average molecular weight is 298 g/mol. The second-order valence-corrected chi connectivity index (χ2v) is 4.59. The molecule has 0 unspecified atom stereocenters. The van der Waals surface area contributed by atoms with Crippen molar-refractivity contribution in [3.05, 3.63) is 57.2 Å². The van der Waals surface area contributed by atoms with Gasteiger partial charge in [-0.1, -0.05) is 35.9 Å². The second-order valence-electron chi connectivity index (χ2n) is 3.34. The van der Waals surface area contributed by atoms with Crippen LogP contribution in [0.3, 0.4) is 0 Å². The summed E-state index contributed by atoms with van der Waals surface area (Å²) < 4.78 is 1.29. The first-order valence-electron chi connectivity index (χ1n) is 4.75. The van der Waals surface area contributed by atoms with Crippen molar-refractivity contribution in [1.82, 2.24) is 0 Å². The van der Waals surface area contributed by atoms with E-state index >= 15 is 0 Å². The van der Waals surface area contributed by atoms with E-state index in [2.05, 4.69) is 72.0 Å². The van der Waals surface area contributed by atoms with E-state index in [4.69, 9.17) is 0 Å². The smallest absolute Gasteiger partial charge is 0.0130 e. The van der Waals surface area contributed by atoms with Gasteiger partial charge < -0.3 is 0 Å². The highest BCUT2D eigenvalue weighted by molar-refractivity contribution is 14.1. The van der Waals surface area contributed by atoms with E-state index in [1.165, 1.54) is 14.7 Å². The Kier molecular flexibility index (Phi) is 4.94. The maximum absolute atomic E-state index is 2.33. The van der Waals surface area contributed by atoms with Gasteiger partial charge in [0.15, 0.2) is 0 Å². The fourth-order valence-electron chi connectivity index (χ4n) is 1.24. The molecule has 1 rings (SSSR count). The molecular weight excluding hydrogens is 283 g/mol. The molecule has 0 aliphatic heterocycles. The van der Waals surface area contributed by atoms with Crippen LogP contribution >= 0.6 is 22.6 Å². The molecule has 0 aliphatic rings. The monoisotopic (exact) mass is 298 g/mol. The molecule has 0 saturated carbocycles. The average Bonchev–Trinajstić information content (AvgIpc) is 2.18. The fourth-order valence-corrected chi connectivity index (χ4v) is 1.60. The van der Waals surface area contributed by atoms with Gasteiger partial charge in [-0.05, 0) is 60.6 Å². The van der Waals surface area contributed by atoms with Crippen molar-refractivity contribution in [3.63, 3.8) is 0 Å². The summed E-state index contributed by atoms with van der Waals surface area (Å²) in [5.41, 5.74) is 2.77. The van der Waals surface area contributed by atoms with Crippen molar-refractivity contribution < 1.29 is 0 Å². The van der Waals surface area contributed by atoms with Crippen LogP contribution < -0.4 is 0 Å². The topological polar surface area (TPSA) is 0 Å². The molecule has 0 fully saturated rings. The number of rotatable bonds is 3. The summed E-state index contributed by atoms with van der Waals surface area (Å²) in [5.74, 6) is 0. The second kappa shape index (κ2) is 6.02. The summed E-state index contributed by atoms with van der Waals surface area (Å²) >= 11 is 2.33. The van der Waals surface area contributed by atoms with Crippen LogP contribution in [-0.2, 0) is 6.42 Å². The third-order valence-electron chi connectivity index (χ3n) is 1.97. The molecule has 0 spiro atoms. The Hall–Kier alpha value is -0.570. The van der Waals surface area contributed by atoms with Crippen LogP contribution in [0.15, 0.2) is 48.1 Å². The molecule has 0 bridgehead atoms. The quantitative estimate of drug-likeness (QED) is 0.574. The van der Waals surface area contributed by atoms with E-state index in [-0.39, 0.29) is 0 Å². The number of benzene rings is 1. The zero-order valence-corrected chi connectivity index (χ0v) is 10.8. The molecular formula is C13H15I. The summed E-state index contributed by atoms with van der Waals surface area (Å²) in [4.78, 5) is 0. The zero-order valence-electron chi connectivity index (χ0n) is 8.63. The van der Waals surface area contributed by atoms with Crippen molar-refractivity contribution in [3.8, 4) is 0 Å². The summed E-state index contributed by atoms with van der Waals surface area (Å²) in [6.07, 6.45) is 7.35. The maximum atomic E-state index is 2.33. The first kappa shape index (κ1) is 11.5. The molecule has 74 valence electrons. The van der Waals surface area contributed by atoms with Crippen molar-refractivity contribution in [2.75, 3.05) is 0 Å². The Labute approximate surface area is 99.9 Å². The van der Waals surface area contributed by atoms with Crippen LogP contribution in [0.5, 0.6) is 0 Å². The molecule has 0 heterocycles. The molecule has 1 heteroatoms. The van der Waals surface area contributed by atoms with Crippen molar-refractivity contribution >= 4 is 22.6 Å². The normalized spacial score (nSPS) is 12.4. The highest BCUT2D eigenvalue weighted by atomic mass is 127. The Morgan fingerprint density at radius 1 is 1.29 bits per heavy atom. The molecule has 0 saturated heterocycles. The SMILES string of the molecule is C/C=C\C=C(/C)Cc1ccc(I)cc1. The van der Waals surface area contributed by atoms with Crippen molar-refractivity contribution in [1.29, 1.82) is 0 Å². The van der Waals surface area contributed by atoms with Gasteiger partial charge in [0.1, 0.15) is 0 Å². The van der Waals surface area contributed by atoms with Gasteiger partial charge >= 0.3 is 0 Å². The third kappa shape index (κ3) is 4.09. The summed E-state index contributed by atoms with van der Waals surface area (Å²) in [6.45, 7) is 4.20. The molecule has 0 atom stereocenters. The molecule has 0 nitrogen and oxygen atoms in total. The van der Waals surface area contributed by atoms with E-state index in [0.29, 0.717) is 0 Å². The minimum absolute atomic E-state index is 1.04. The lowest BCUT2D eigenvalue weighted by atomic mass is 10.1. The van der Waals surface area contributed by atoms with Crippen molar-refractivity contribution in [2.45, 2.75) is 20.3 Å². The van der Waals surface area contributed by atoms with Gasteiger partial charge in [-0.15, -0.1) is 0 Å². The van der Waals surface area contributed by atoms with Gasteiger partial charge in [-0.25, -0.2) is 0 Å². The standard InChI is InChI=1S/C13H15I/c1-3-4-5-11(2)10-12-6-8-13(14)9-7-12/h3-9H,10H2,1-2H3/b4-3-,11-5+. The van der Waals surface area contributed by atoms with Crippen LogP contribution in [0.25, 0.3) is 0 Å². The molecule has 0 N–H and O–H groups in total. The predicted molar refractivity (Wildman–Crippen MR) is 71.4 cm³/mol. The number of hydrogen-bond acceptors (Lipinski definition) is 0. The van der Waals surface area contributed by atoms with Crippen molar-refractivity contribution in [2.24, 2.45) is 0 Å². The Morgan fingerprint density at radius 3 is 2.50 bits per heavy atom. The van der Waals surface area contributed by atoms with Gasteiger partial charge in [-0.3, -0.25) is 0 Å². The van der Waals surface area contributed by atoms with Crippen LogP contribution in [0, 0.1) is 3.57 Å². The van der Waals surface area contributed by atoms with E-state index in [1.807, 2.05) is 6.92 Å². The van der Waals surface area contributed by atoms with Gasteiger partial charge in [0.25, 0.3) is 0 Å². The minimum atomic E-state index is 1.04. The lowest BCUT2D eigenvalue weighted by Gasteiger charge is -2.00. The molecule has 0 amide bonds. The Bertz CT molecular complexity index is 331. The Balaban J connectivity index is 2.65. The fraction of sp³-hybridized carbons (Fsp3) is 0.231. The highest BCUT2D eigenvalue weighted by Crippen LogP contribution is 2.10. The summed E-state index contributed by atoms with van der Waals surface area (Å²) in [7, 11) is 0. The molecule has 0 aromatic heterocycles. The first-order valence-corrected chi connectivity index (χ1v) is 5.83. The first-order chi connectivity index (χ1) is 6.72. The maximum Gasteiger partial charge on any atom is 0.0130 e. The lowest BCUT2D eigenvalue weighted by Crippen LogP contribution is -1.86. The summed E-state index contributed by atoms with van der Waals surface area (Å²) in [5, 5.41) is 0. The van der Waals surface area contributed by atoms with Gasteiger partial charge in [-0.2, -0.15) is 0 Å². The molecule has 14 heavy (non-hydrogen) atoms. The van der Waals surface area contributed by atoms with Crippen LogP contribution in [0.4, 0.5) is 0 Å². The van der Waals surface area contributed by atoms with Crippen LogP contribution in [0.1, 0.15) is 19.4 Å². The van der Waals surface area contributed by atoms with E-state index in [1.54, 1.807) is 0 Å². The zero-order chi connectivity index (χ0) is 10.4. The van der Waals surface area contributed by atoms with Gasteiger partial charge in [0.2, 0.25) is 0 Å². The Morgan fingerprint density at radius 2 is 1.93 bits per heavy atom. The predicted octanol–water partition coefficient (Wildman–Crippen LogP) is 4.36. The molecule has 1 aromatic carbocycles. The number of hydrogen-bond donors (Lipinski definition) is 0.